The number of aryl methyl sites for hydroxylation is 2. The van der Waals surface area contributed by atoms with Gasteiger partial charge in [-0.15, -0.1) is 0 Å². The van der Waals surface area contributed by atoms with Crippen molar-refractivity contribution in [2.75, 3.05) is 5.73 Å². The van der Waals surface area contributed by atoms with Crippen molar-refractivity contribution in [3.8, 4) is 0 Å². The van der Waals surface area contributed by atoms with E-state index in [0.717, 1.165) is 17.7 Å². The molecule has 0 fully saturated rings. The largest absolute Gasteiger partial charge is 0.399 e. The molecule has 23 heavy (non-hydrogen) atoms. The summed E-state index contributed by atoms with van der Waals surface area (Å²) in [5, 5.41) is 3.10. The first-order chi connectivity index (χ1) is 11.1. The fourth-order valence-electron chi connectivity index (χ4n) is 3.22. The van der Waals surface area contributed by atoms with Crippen molar-refractivity contribution < 1.29 is 4.79 Å². The SMILES string of the molecule is CC(NC(=O)Cc1ccc(N)cc1)c1ccc2c(c1)CCCC2. The van der Waals surface area contributed by atoms with Crippen molar-refractivity contribution in [2.24, 2.45) is 0 Å². The highest BCUT2D eigenvalue weighted by molar-refractivity contribution is 5.79. The third-order valence-electron chi connectivity index (χ3n) is 4.59. The van der Waals surface area contributed by atoms with Crippen LogP contribution in [0.5, 0.6) is 0 Å². The first-order valence-electron chi connectivity index (χ1n) is 8.37. The number of nitrogen functional groups attached to an aromatic ring is 1. The minimum absolute atomic E-state index is 0.0310. The van der Waals surface area contributed by atoms with Crippen molar-refractivity contribution in [2.45, 2.75) is 45.1 Å². The molecule has 0 aliphatic heterocycles. The molecule has 0 spiro atoms. The Morgan fingerprint density at radius 3 is 2.52 bits per heavy atom. The molecule has 0 bridgehead atoms. The first kappa shape index (κ1) is 15.6. The van der Waals surface area contributed by atoms with Crippen LogP contribution in [0.2, 0.25) is 0 Å². The number of nitrogens with one attached hydrogen (secondary N) is 1. The number of fused-ring (bicyclic) bond motifs is 1. The maximum absolute atomic E-state index is 12.2. The number of anilines is 1. The lowest BCUT2D eigenvalue weighted by Gasteiger charge is -2.20. The number of amides is 1. The maximum Gasteiger partial charge on any atom is 0.224 e. The molecule has 1 amide bonds. The van der Waals surface area contributed by atoms with Crippen molar-refractivity contribution >= 4 is 11.6 Å². The molecule has 1 aliphatic carbocycles. The highest BCUT2D eigenvalue weighted by Gasteiger charge is 2.14. The number of nitrogens with two attached hydrogens (primary N) is 1. The molecule has 1 aliphatic rings. The molecule has 2 aromatic carbocycles. The maximum atomic E-state index is 12.2. The average Bonchev–Trinajstić information content (AvgIpc) is 2.56. The fraction of sp³-hybridized carbons (Fsp3) is 0.350. The minimum atomic E-state index is 0.0310. The van der Waals surface area contributed by atoms with Crippen LogP contribution in [0.4, 0.5) is 5.69 Å². The van der Waals surface area contributed by atoms with E-state index in [1.165, 1.54) is 36.0 Å². The Hall–Kier alpha value is -2.29. The van der Waals surface area contributed by atoms with E-state index in [1.807, 2.05) is 31.2 Å². The zero-order chi connectivity index (χ0) is 16.2. The quantitative estimate of drug-likeness (QED) is 0.848. The van der Waals surface area contributed by atoms with Gasteiger partial charge in [-0.05, 0) is 67.0 Å². The van der Waals surface area contributed by atoms with Crippen LogP contribution in [-0.2, 0) is 24.1 Å². The molecule has 1 unspecified atom stereocenters. The van der Waals surface area contributed by atoms with E-state index < -0.39 is 0 Å². The van der Waals surface area contributed by atoms with Crippen LogP contribution in [0.3, 0.4) is 0 Å². The average molecular weight is 308 g/mol. The summed E-state index contributed by atoms with van der Waals surface area (Å²) in [6, 6.07) is 14.1. The lowest BCUT2D eigenvalue weighted by molar-refractivity contribution is -0.121. The van der Waals surface area contributed by atoms with Crippen LogP contribution < -0.4 is 11.1 Å². The second-order valence-corrected chi connectivity index (χ2v) is 6.44. The number of rotatable bonds is 4. The highest BCUT2D eigenvalue weighted by Crippen LogP contribution is 2.24. The molecular weight excluding hydrogens is 284 g/mol. The van der Waals surface area contributed by atoms with Crippen LogP contribution >= 0.6 is 0 Å². The molecule has 3 rings (SSSR count). The topological polar surface area (TPSA) is 55.1 Å². The van der Waals surface area contributed by atoms with Crippen LogP contribution in [0.1, 0.15) is 48.1 Å². The lowest BCUT2D eigenvalue weighted by Crippen LogP contribution is -2.28. The van der Waals surface area contributed by atoms with Gasteiger partial charge in [0.25, 0.3) is 0 Å². The van der Waals surface area contributed by atoms with Gasteiger partial charge in [0.05, 0.1) is 12.5 Å². The molecule has 0 aromatic heterocycles. The Morgan fingerprint density at radius 2 is 1.78 bits per heavy atom. The zero-order valence-electron chi connectivity index (χ0n) is 13.6. The number of carbonyl (C=O) groups is 1. The molecule has 0 saturated heterocycles. The van der Waals surface area contributed by atoms with Gasteiger partial charge in [-0.25, -0.2) is 0 Å². The highest BCUT2D eigenvalue weighted by atomic mass is 16.1. The molecular formula is C20H24N2O. The molecule has 3 N–H and O–H groups in total. The monoisotopic (exact) mass is 308 g/mol. The van der Waals surface area contributed by atoms with E-state index in [2.05, 4.69) is 23.5 Å². The van der Waals surface area contributed by atoms with Gasteiger partial charge in [0.15, 0.2) is 0 Å². The summed E-state index contributed by atoms with van der Waals surface area (Å²) in [5.74, 6) is 0.0417. The van der Waals surface area contributed by atoms with Gasteiger partial charge in [0, 0.05) is 5.69 Å². The molecule has 0 saturated carbocycles. The Balaban J connectivity index is 1.63. The molecule has 120 valence electrons. The molecule has 0 heterocycles. The van der Waals surface area contributed by atoms with Crippen molar-refractivity contribution in [3.05, 3.63) is 64.7 Å². The van der Waals surface area contributed by atoms with Gasteiger partial charge < -0.3 is 11.1 Å². The standard InChI is InChI=1S/C20H24N2O/c1-14(17-9-8-16-4-2-3-5-18(16)13-17)22-20(23)12-15-6-10-19(21)11-7-15/h6-11,13-14H,2-5,12,21H2,1H3,(H,22,23). The number of hydrogen-bond acceptors (Lipinski definition) is 2. The molecule has 2 aromatic rings. The second-order valence-electron chi connectivity index (χ2n) is 6.44. The third-order valence-corrected chi connectivity index (χ3v) is 4.59. The summed E-state index contributed by atoms with van der Waals surface area (Å²) in [7, 11) is 0. The summed E-state index contributed by atoms with van der Waals surface area (Å²) >= 11 is 0. The minimum Gasteiger partial charge on any atom is -0.399 e. The Kier molecular flexibility index (Phi) is 4.65. The zero-order valence-corrected chi connectivity index (χ0v) is 13.6. The smallest absolute Gasteiger partial charge is 0.224 e. The molecule has 3 nitrogen and oxygen atoms in total. The van der Waals surface area contributed by atoms with Crippen LogP contribution in [0.15, 0.2) is 42.5 Å². The van der Waals surface area contributed by atoms with E-state index in [1.54, 1.807) is 0 Å². The predicted molar refractivity (Wildman–Crippen MR) is 94.2 cm³/mol. The van der Waals surface area contributed by atoms with E-state index in [-0.39, 0.29) is 11.9 Å². The first-order valence-corrected chi connectivity index (χ1v) is 8.37. The van der Waals surface area contributed by atoms with E-state index in [4.69, 9.17) is 5.73 Å². The van der Waals surface area contributed by atoms with Gasteiger partial charge in [-0.3, -0.25) is 4.79 Å². The number of carbonyl (C=O) groups excluding carboxylic acids is 1. The van der Waals surface area contributed by atoms with Crippen LogP contribution in [-0.4, -0.2) is 5.91 Å². The normalized spacial score (nSPS) is 14.8. The van der Waals surface area contributed by atoms with Gasteiger partial charge in [-0.1, -0.05) is 30.3 Å². The van der Waals surface area contributed by atoms with Crippen molar-refractivity contribution in [1.82, 2.24) is 5.32 Å². The molecule has 0 radical (unpaired) electrons. The summed E-state index contributed by atoms with van der Waals surface area (Å²) in [6.45, 7) is 2.05. The summed E-state index contributed by atoms with van der Waals surface area (Å²) < 4.78 is 0. The second kappa shape index (κ2) is 6.86. The van der Waals surface area contributed by atoms with Crippen LogP contribution in [0, 0.1) is 0 Å². The Morgan fingerprint density at radius 1 is 1.09 bits per heavy atom. The van der Waals surface area contributed by atoms with Gasteiger partial charge in [0.2, 0.25) is 5.91 Å². The number of benzene rings is 2. The van der Waals surface area contributed by atoms with Crippen molar-refractivity contribution in [3.63, 3.8) is 0 Å². The summed E-state index contributed by atoms with van der Waals surface area (Å²) in [6.07, 6.45) is 5.30. The van der Waals surface area contributed by atoms with Gasteiger partial charge in [-0.2, -0.15) is 0 Å². The number of hydrogen-bond donors (Lipinski definition) is 2. The molecule has 1 atom stereocenters. The van der Waals surface area contributed by atoms with E-state index >= 15 is 0 Å². The van der Waals surface area contributed by atoms with Gasteiger partial charge >= 0.3 is 0 Å². The molecule has 3 heteroatoms. The predicted octanol–water partition coefficient (Wildman–Crippen LogP) is 3.57. The van der Waals surface area contributed by atoms with E-state index in [9.17, 15) is 4.79 Å². The van der Waals surface area contributed by atoms with E-state index in [0.29, 0.717) is 6.42 Å². The van der Waals surface area contributed by atoms with Crippen molar-refractivity contribution in [1.29, 1.82) is 0 Å². The fourth-order valence-corrected chi connectivity index (χ4v) is 3.22. The lowest BCUT2D eigenvalue weighted by atomic mass is 9.89. The third kappa shape index (κ3) is 3.92. The summed E-state index contributed by atoms with van der Waals surface area (Å²) in [4.78, 5) is 12.2. The van der Waals surface area contributed by atoms with Gasteiger partial charge in [0.1, 0.15) is 0 Å². The summed E-state index contributed by atoms with van der Waals surface area (Å²) in [5.41, 5.74) is 11.5. The Bertz CT molecular complexity index is 691. The Labute approximate surface area is 137 Å². The van der Waals surface area contributed by atoms with Crippen LogP contribution in [0.25, 0.3) is 0 Å².